The maximum atomic E-state index is 13.0. The summed E-state index contributed by atoms with van der Waals surface area (Å²) in [6.45, 7) is 6.68. The van der Waals surface area contributed by atoms with Crippen molar-refractivity contribution in [2.45, 2.75) is 63.3 Å². The van der Waals surface area contributed by atoms with Crippen LogP contribution in [0.3, 0.4) is 0 Å². The third-order valence-electron chi connectivity index (χ3n) is 6.76. The van der Waals surface area contributed by atoms with E-state index in [1.807, 2.05) is 11.8 Å². The minimum atomic E-state index is -0.440. The van der Waals surface area contributed by atoms with Crippen molar-refractivity contribution in [3.8, 4) is 0 Å². The molecule has 1 aromatic carbocycles. The van der Waals surface area contributed by atoms with E-state index in [2.05, 4.69) is 31.2 Å². The highest BCUT2D eigenvalue weighted by atomic mass is 32.2. The topological polar surface area (TPSA) is 73.7 Å². The summed E-state index contributed by atoms with van der Waals surface area (Å²) in [7, 11) is 1.79. The van der Waals surface area contributed by atoms with Crippen LogP contribution in [0, 0.1) is 13.8 Å². The van der Waals surface area contributed by atoms with Crippen molar-refractivity contribution in [3.63, 3.8) is 0 Å². The Hall–Kier alpha value is -2.16. The van der Waals surface area contributed by atoms with Crippen LogP contribution in [0.15, 0.2) is 34.2 Å². The van der Waals surface area contributed by atoms with Gasteiger partial charge in [0, 0.05) is 62.8 Å². The largest absolute Gasteiger partial charge is 0.347 e. The zero-order valence-corrected chi connectivity index (χ0v) is 21.3. The first-order valence-corrected chi connectivity index (χ1v) is 13.2. The predicted octanol–water partition coefficient (Wildman–Crippen LogP) is 3.62. The van der Waals surface area contributed by atoms with Crippen molar-refractivity contribution in [1.82, 2.24) is 14.5 Å². The fourth-order valence-corrected chi connectivity index (χ4v) is 5.56. The van der Waals surface area contributed by atoms with Crippen molar-refractivity contribution >= 4 is 17.7 Å². The van der Waals surface area contributed by atoms with Gasteiger partial charge >= 0.3 is 0 Å². The van der Waals surface area contributed by atoms with Crippen LogP contribution in [0.2, 0.25) is 0 Å². The van der Waals surface area contributed by atoms with E-state index < -0.39 is 5.79 Å². The molecule has 184 valence electrons. The van der Waals surface area contributed by atoms with E-state index in [1.165, 1.54) is 5.56 Å². The molecule has 0 bridgehead atoms. The zero-order chi connectivity index (χ0) is 24.1. The molecule has 2 aliphatic rings. The molecular formula is C26H35N3O4S. The van der Waals surface area contributed by atoms with E-state index >= 15 is 0 Å². The van der Waals surface area contributed by atoms with Gasteiger partial charge in [-0.15, -0.1) is 0 Å². The van der Waals surface area contributed by atoms with Crippen LogP contribution in [-0.2, 0) is 27.7 Å². The third kappa shape index (κ3) is 5.90. The average molecular weight is 486 g/mol. The van der Waals surface area contributed by atoms with Crippen LogP contribution in [0.25, 0.3) is 0 Å². The molecule has 34 heavy (non-hydrogen) atoms. The van der Waals surface area contributed by atoms with Crippen molar-refractivity contribution < 1.29 is 14.3 Å². The molecule has 0 saturated carbocycles. The smallest absolute Gasteiger partial charge is 0.257 e. The Kier molecular flexibility index (Phi) is 8.11. The number of hydrogen-bond acceptors (Lipinski definition) is 6. The molecule has 2 saturated heterocycles. The molecule has 2 aromatic rings. The fraction of sp³-hybridized carbons (Fsp3) is 0.577. The first kappa shape index (κ1) is 24.9. The molecule has 4 rings (SSSR count). The van der Waals surface area contributed by atoms with Gasteiger partial charge in [-0.25, -0.2) is 4.98 Å². The number of hydrogen-bond donors (Lipinski definition) is 0. The van der Waals surface area contributed by atoms with Crippen LogP contribution in [0.5, 0.6) is 0 Å². The van der Waals surface area contributed by atoms with Crippen molar-refractivity contribution in [2.24, 2.45) is 7.05 Å². The molecular weight excluding hydrogens is 450 g/mol. The molecule has 0 aliphatic carbocycles. The number of aryl methyl sites for hydroxylation is 2. The summed E-state index contributed by atoms with van der Waals surface area (Å²) >= 11 is 1.59. The normalized spacial score (nSPS) is 17.4. The maximum Gasteiger partial charge on any atom is 0.257 e. The Labute approximate surface area is 205 Å². The van der Waals surface area contributed by atoms with Crippen molar-refractivity contribution in [1.29, 1.82) is 0 Å². The summed E-state index contributed by atoms with van der Waals surface area (Å²) in [5.74, 6) is 0.596. The molecule has 2 fully saturated rings. The minimum Gasteiger partial charge on any atom is -0.347 e. The van der Waals surface area contributed by atoms with E-state index in [1.54, 1.807) is 23.4 Å². The Bertz CT molecular complexity index is 1050. The molecule has 1 aromatic heterocycles. The van der Waals surface area contributed by atoms with E-state index in [0.717, 1.165) is 53.4 Å². The van der Waals surface area contributed by atoms with Crippen LogP contribution < -0.4 is 5.56 Å². The van der Waals surface area contributed by atoms with Gasteiger partial charge in [0.15, 0.2) is 10.9 Å². The second-order valence-electron chi connectivity index (χ2n) is 9.28. The molecule has 8 heteroatoms. The van der Waals surface area contributed by atoms with Gasteiger partial charge in [0.1, 0.15) is 0 Å². The number of aromatic nitrogens is 2. The van der Waals surface area contributed by atoms with E-state index in [0.29, 0.717) is 39.1 Å². The Morgan fingerprint density at radius 3 is 2.44 bits per heavy atom. The summed E-state index contributed by atoms with van der Waals surface area (Å²) in [6.07, 6.45) is 4.39. The number of rotatable bonds is 8. The molecule has 2 aliphatic heterocycles. The van der Waals surface area contributed by atoms with Gasteiger partial charge < -0.3 is 14.4 Å². The Balaban J connectivity index is 1.23. The van der Waals surface area contributed by atoms with E-state index in [-0.39, 0.29) is 11.5 Å². The second kappa shape index (κ2) is 11.1. The number of amides is 1. The lowest BCUT2D eigenvalue weighted by molar-refractivity contribution is -0.187. The lowest BCUT2D eigenvalue weighted by Crippen LogP contribution is -2.47. The summed E-state index contributed by atoms with van der Waals surface area (Å²) in [5.41, 5.74) is 3.88. The monoisotopic (exact) mass is 485 g/mol. The maximum absolute atomic E-state index is 13.0. The quantitative estimate of drug-likeness (QED) is 0.323. The van der Waals surface area contributed by atoms with E-state index in [4.69, 9.17) is 14.5 Å². The average Bonchev–Trinajstić information content (AvgIpc) is 3.29. The van der Waals surface area contributed by atoms with Crippen LogP contribution in [-0.4, -0.2) is 58.2 Å². The predicted molar refractivity (Wildman–Crippen MR) is 133 cm³/mol. The molecule has 7 nitrogen and oxygen atoms in total. The first-order valence-electron chi connectivity index (χ1n) is 12.2. The third-order valence-corrected chi connectivity index (χ3v) is 7.88. The van der Waals surface area contributed by atoms with Crippen molar-refractivity contribution in [3.05, 3.63) is 57.0 Å². The number of ether oxygens (including phenoxy) is 2. The van der Waals surface area contributed by atoms with Crippen LogP contribution in [0.1, 0.15) is 54.5 Å². The number of piperidine rings is 1. The summed E-state index contributed by atoms with van der Waals surface area (Å²) in [4.78, 5) is 32.2. The first-order chi connectivity index (χ1) is 16.4. The molecule has 1 amide bonds. The Morgan fingerprint density at radius 1 is 1.09 bits per heavy atom. The lowest BCUT2D eigenvalue weighted by Gasteiger charge is -2.37. The van der Waals surface area contributed by atoms with Gasteiger partial charge in [0.2, 0.25) is 5.91 Å². The molecule has 0 unspecified atom stereocenters. The number of nitrogens with zero attached hydrogens (tertiary/aromatic N) is 3. The summed E-state index contributed by atoms with van der Waals surface area (Å²) in [5, 5.41) is 0.736. The Morgan fingerprint density at radius 2 is 1.76 bits per heavy atom. The van der Waals surface area contributed by atoms with E-state index in [9.17, 15) is 9.59 Å². The van der Waals surface area contributed by atoms with Gasteiger partial charge in [-0.1, -0.05) is 41.6 Å². The highest BCUT2D eigenvalue weighted by Crippen LogP contribution is 2.31. The molecule has 1 spiro atoms. The number of carbonyl (C=O) groups is 1. The van der Waals surface area contributed by atoms with Gasteiger partial charge in [-0.05, 0) is 32.3 Å². The van der Waals surface area contributed by atoms with Crippen LogP contribution in [0.4, 0.5) is 0 Å². The summed E-state index contributed by atoms with van der Waals surface area (Å²) in [6, 6.07) is 8.27. The molecule has 3 heterocycles. The van der Waals surface area contributed by atoms with Gasteiger partial charge in [0.25, 0.3) is 5.56 Å². The SMILES string of the molecule is Cc1ccc(Cc2c(C)nc(SCCCCC(=O)N3CCC4(CC3)OCCO4)n(C)c2=O)cc1. The zero-order valence-electron chi connectivity index (χ0n) is 20.5. The molecule has 0 N–H and O–H groups in total. The number of thioether (sulfide) groups is 1. The lowest BCUT2D eigenvalue weighted by atomic mass is 10.0. The highest BCUT2D eigenvalue weighted by Gasteiger charge is 2.40. The number of carbonyl (C=O) groups excluding carboxylic acids is 1. The fourth-order valence-electron chi connectivity index (χ4n) is 4.56. The molecule has 0 atom stereocenters. The number of unbranched alkanes of at least 4 members (excludes halogenated alkanes) is 1. The standard InChI is InChI=1S/C26H35N3O4S/c1-19-7-9-21(10-8-19)18-22-20(2)27-25(28(3)24(22)31)34-17-5-4-6-23(30)29-13-11-26(12-14-29)32-15-16-33-26/h7-10H,4-6,11-18H2,1-3H3. The minimum absolute atomic E-state index is 0.0174. The van der Waals surface area contributed by atoms with Gasteiger partial charge in [0.05, 0.1) is 13.2 Å². The molecule has 0 radical (unpaired) electrons. The number of likely N-dealkylation sites (tertiary alicyclic amines) is 1. The van der Waals surface area contributed by atoms with Crippen molar-refractivity contribution in [2.75, 3.05) is 32.1 Å². The second-order valence-corrected chi connectivity index (χ2v) is 10.3. The number of benzene rings is 1. The van der Waals surface area contributed by atoms with Gasteiger partial charge in [-0.2, -0.15) is 0 Å². The highest BCUT2D eigenvalue weighted by molar-refractivity contribution is 7.99. The van der Waals surface area contributed by atoms with Crippen LogP contribution >= 0.6 is 11.8 Å². The van der Waals surface area contributed by atoms with Gasteiger partial charge in [-0.3, -0.25) is 14.2 Å². The summed E-state index contributed by atoms with van der Waals surface area (Å²) < 4.78 is 13.1.